The standard InChI is InChI=1S/C16H27N3O2/c1-7-19(10-16(4,5)21)15(20)12-8-13(11(2)3)18-14(9-12)17-6/h8-9,11,21H,7,10H2,1-6H3,(H,17,18). The molecule has 5 nitrogen and oxygen atoms in total. The molecule has 0 aliphatic heterocycles. The van der Waals surface area contributed by atoms with Crippen LogP contribution in [0.5, 0.6) is 0 Å². The van der Waals surface area contributed by atoms with Crippen LogP contribution in [-0.2, 0) is 0 Å². The number of likely N-dealkylation sites (N-methyl/N-ethyl adjacent to an activating group) is 1. The lowest BCUT2D eigenvalue weighted by atomic mass is 10.1. The molecule has 0 aliphatic carbocycles. The van der Waals surface area contributed by atoms with Crippen LogP contribution in [0.1, 0.15) is 56.6 Å². The zero-order valence-electron chi connectivity index (χ0n) is 13.9. The van der Waals surface area contributed by atoms with Crippen LogP contribution in [0.4, 0.5) is 5.82 Å². The van der Waals surface area contributed by atoms with Gasteiger partial charge in [0.25, 0.3) is 5.91 Å². The highest BCUT2D eigenvalue weighted by Crippen LogP contribution is 2.19. The topological polar surface area (TPSA) is 65.5 Å². The van der Waals surface area contributed by atoms with Crippen molar-refractivity contribution in [3.8, 4) is 0 Å². The van der Waals surface area contributed by atoms with Crippen molar-refractivity contribution in [1.82, 2.24) is 9.88 Å². The van der Waals surface area contributed by atoms with Gasteiger partial charge in [-0.2, -0.15) is 0 Å². The molecule has 1 heterocycles. The summed E-state index contributed by atoms with van der Waals surface area (Å²) in [5, 5.41) is 12.9. The summed E-state index contributed by atoms with van der Waals surface area (Å²) in [6.07, 6.45) is 0. The number of rotatable bonds is 6. The average Bonchev–Trinajstić information content (AvgIpc) is 2.42. The Balaban J connectivity index is 3.12. The van der Waals surface area contributed by atoms with E-state index in [1.165, 1.54) is 0 Å². The van der Waals surface area contributed by atoms with E-state index in [1.54, 1.807) is 31.9 Å². The van der Waals surface area contributed by atoms with Crippen LogP contribution >= 0.6 is 0 Å². The van der Waals surface area contributed by atoms with Gasteiger partial charge in [-0.1, -0.05) is 13.8 Å². The minimum atomic E-state index is -0.911. The summed E-state index contributed by atoms with van der Waals surface area (Å²) in [6, 6.07) is 3.59. The van der Waals surface area contributed by atoms with Crippen molar-refractivity contribution in [3.05, 3.63) is 23.4 Å². The highest BCUT2D eigenvalue weighted by Gasteiger charge is 2.23. The molecule has 0 spiro atoms. The van der Waals surface area contributed by atoms with Crippen molar-refractivity contribution in [2.45, 2.75) is 46.1 Å². The summed E-state index contributed by atoms with van der Waals surface area (Å²) >= 11 is 0. The Morgan fingerprint density at radius 1 is 1.43 bits per heavy atom. The molecule has 1 amide bonds. The lowest BCUT2D eigenvalue weighted by Gasteiger charge is -2.28. The SMILES string of the molecule is CCN(CC(C)(C)O)C(=O)c1cc(NC)nc(C(C)C)c1. The van der Waals surface area contributed by atoms with Gasteiger partial charge < -0.3 is 15.3 Å². The Labute approximate surface area is 127 Å². The molecule has 0 atom stereocenters. The number of pyridine rings is 1. The largest absolute Gasteiger partial charge is 0.389 e. The first-order valence-electron chi connectivity index (χ1n) is 7.39. The lowest BCUT2D eigenvalue weighted by molar-refractivity contribution is 0.0314. The van der Waals surface area contributed by atoms with E-state index in [-0.39, 0.29) is 11.8 Å². The third-order valence-electron chi connectivity index (χ3n) is 3.19. The molecule has 5 heteroatoms. The number of hydrogen-bond donors (Lipinski definition) is 2. The third-order valence-corrected chi connectivity index (χ3v) is 3.19. The van der Waals surface area contributed by atoms with Gasteiger partial charge >= 0.3 is 0 Å². The third kappa shape index (κ3) is 5.01. The molecular weight excluding hydrogens is 266 g/mol. The molecule has 1 aromatic heterocycles. The zero-order valence-corrected chi connectivity index (χ0v) is 13.9. The normalized spacial score (nSPS) is 11.6. The molecular formula is C16H27N3O2. The lowest BCUT2D eigenvalue weighted by Crippen LogP contribution is -2.42. The van der Waals surface area contributed by atoms with Crippen molar-refractivity contribution in [3.63, 3.8) is 0 Å². The van der Waals surface area contributed by atoms with Crippen LogP contribution < -0.4 is 5.32 Å². The first-order valence-corrected chi connectivity index (χ1v) is 7.39. The first-order chi connectivity index (χ1) is 9.67. The molecule has 0 aliphatic rings. The van der Waals surface area contributed by atoms with E-state index in [1.807, 2.05) is 26.8 Å². The van der Waals surface area contributed by atoms with Gasteiger partial charge in [-0.05, 0) is 38.8 Å². The quantitative estimate of drug-likeness (QED) is 0.845. The number of amides is 1. The highest BCUT2D eigenvalue weighted by molar-refractivity contribution is 5.95. The predicted molar refractivity (Wildman–Crippen MR) is 85.7 cm³/mol. The fourth-order valence-electron chi connectivity index (χ4n) is 2.08. The molecule has 0 unspecified atom stereocenters. The number of nitrogens with one attached hydrogen (secondary N) is 1. The first kappa shape index (κ1) is 17.4. The Kier molecular flexibility index (Phi) is 5.72. The summed E-state index contributed by atoms with van der Waals surface area (Å²) in [5.74, 6) is 0.846. The minimum Gasteiger partial charge on any atom is -0.389 e. The molecule has 2 N–H and O–H groups in total. The minimum absolute atomic E-state index is 0.0829. The summed E-state index contributed by atoms with van der Waals surface area (Å²) < 4.78 is 0. The molecule has 0 radical (unpaired) electrons. The van der Waals surface area contributed by atoms with E-state index in [0.717, 1.165) is 5.69 Å². The van der Waals surface area contributed by atoms with Crippen molar-refractivity contribution in [2.24, 2.45) is 0 Å². The van der Waals surface area contributed by atoms with Gasteiger partial charge in [0, 0.05) is 31.4 Å². The van der Waals surface area contributed by atoms with Crippen LogP contribution in [0.3, 0.4) is 0 Å². The Hall–Kier alpha value is -1.62. The molecule has 1 aromatic rings. The molecule has 21 heavy (non-hydrogen) atoms. The van der Waals surface area contributed by atoms with E-state index in [4.69, 9.17) is 0 Å². The smallest absolute Gasteiger partial charge is 0.254 e. The predicted octanol–water partition coefficient (Wildman–Crippen LogP) is 2.48. The highest BCUT2D eigenvalue weighted by atomic mass is 16.3. The number of aliphatic hydroxyl groups is 1. The number of anilines is 1. The van der Waals surface area contributed by atoms with Gasteiger partial charge in [0.1, 0.15) is 5.82 Å². The van der Waals surface area contributed by atoms with E-state index < -0.39 is 5.60 Å². The van der Waals surface area contributed by atoms with Gasteiger partial charge in [0.15, 0.2) is 0 Å². The van der Waals surface area contributed by atoms with Gasteiger partial charge in [-0.25, -0.2) is 4.98 Å². The molecule has 0 aromatic carbocycles. The fourth-order valence-corrected chi connectivity index (χ4v) is 2.08. The van der Waals surface area contributed by atoms with Crippen LogP contribution in [0.15, 0.2) is 12.1 Å². The average molecular weight is 293 g/mol. The summed E-state index contributed by atoms with van der Waals surface area (Å²) in [4.78, 5) is 18.8. The van der Waals surface area contributed by atoms with Crippen LogP contribution in [0.2, 0.25) is 0 Å². The number of nitrogens with zero attached hydrogens (tertiary/aromatic N) is 2. The number of carbonyl (C=O) groups is 1. The zero-order chi connectivity index (χ0) is 16.2. The van der Waals surface area contributed by atoms with Gasteiger partial charge in [0.2, 0.25) is 0 Å². The maximum atomic E-state index is 12.7. The van der Waals surface area contributed by atoms with Crippen molar-refractivity contribution in [2.75, 3.05) is 25.5 Å². The molecule has 0 saturated carbocycles. The van der Waals surface area contributed by atoms with Crippen molar-refractivity contribution >= 4 is 11.7 Å². The second-order valence-corrected chi connectivity index (χ2v) is 6.20. The number of aromatic nitrogens is 1. The van der Waals surface area contributed by atoms with Crippen LogP contribution in [0, 0.1) is 0 Å². The van der Waals surface area contributed by atoms with Gasteiger partial charge in [-0.15, -0.1) is 0 Å². The van der Waals surface area contributed by atoms with Gasteiger partial charge in [0.05, 0.1) is 5.60 Å². The van der Waals surface area contributed by atoms with Gasteiger partial charge in [-0.3, -0.25) is 4.79 Å². The van der Waals surface area contributed by atoms with E-state index in [0.29, 0.717) is 24.5 Å². The summed E-state index contributed by atoms with van der Waals surface area (Å²) in [6.45, 7) is 10.3. The second-order valence-electron chi connectivity index (χ2n) is 6.20. The summed E-state index contributed by atoms with van der Waals surface area (Å²) in [7, 11) is 1.79. The monoisotopic (exact) mass is 293 g/mol. The molecule has 0 fully saturated rings. The second kappa shape index (κ2) is 6.89. The molecule has 0 bridgehead atoms. The van der Waals surface area contributed by atoms with E-state index in [9.17, 15) is 9.90 Å². The fraction of sp³-hybridized carbons (Fsp3) is 0.625. The van der Waals surface area contributed by atoms with Crippen molar-refractivity contribution < 1.29 is 9.90 Å². The molecule has 0 saturated heterocycles. The Morgan fingerprint density at radius 2 is 2.05 bits per heavy atom. The van der Waals surface area contributed by atoms with Crippen LogP contribution in [-0.4, -0.2) is 46.6 Å². The van der Waals surface area contributed by atoms with Crippen molar-refractivity contribution in [1.29, 1.82) is 0 Å². The van der Waals surface area contributed by atoms with E-state index >= 15 is 0 Å². The maximum absolute atomic E-state index is 12.7. The Bertz CT molecular complexity index is 493. The Morgan fingerprint density at radius 3 is 2.48 bits per heavy atom. The summed E-state index contributed by atoms with van der Waals surface area (Å²) in [5.41, 5.74) is 0.569. The number of carbonyl (C=O) groups excluding carboxylic acids is 1. The number of hydrogen-bond acceptors (Lipinski definition) is 4. The molecule has 1 rings (SSSR count). The van der Waals surface area contributed by atoms with E-state index in [2.05, 4.69) is 10.3 Å². The van der Waals surface area contributed by atoms with Crippen LogP contribution in [0.25, 0.3) is 0 Å². The maximum Gasteiger partial charge on any atom is 0.254 e. The molecule has 118 valence electrons.